The molecule has 4 nitrogen and oxygen atoms in total. The standard InChI is InChI=1S/C9H16N4/c1-2-4-6-12(5-3-1)13-8-10-7-11-9-13/h7-8H,1-6,9H2. The zero-order valence-electron chi connectivity index (χ0n) is 7.89. The molecule has 2 aliphatic rings. The molecule has 0 aliphatic carbocycles. The molecule has 0 aromatic rings. The van der Waals surface area contributed by atoms with E-state index in [1.807, 2.05) is 6.34 Å². The second kappa shape index (κ2) is 4.37. The highest BCUT2D eigenvalue weighted by Gasteiger charge is 2.14. The van der Waals surface area contributed by atoms with Gasteiger partial charge in [0.05, 0.1) is 0 Å². The average molecular weight is 180 g/mol. The van der Waals surface area contributed by atoms with Crippen molar-refractivity contribution in [2.75, 3.05) is 19.8 Å². The summed E-state index contributed by atoms with van der Waals surface area (Å²) < 4.78 is 0. The lowest BCUT2D eigenvalue weighted by atomic mass is 10.2. The second-order valence-corrected chi connectivity index (χ2v) is 3.51. The van der Waals surface area contributed by atoms with Crippen molar-refractivity contribution in [1.29, 1.82) is 0 Å². The molecule has 0 aromatic carbocycles. The van der Waals surface area contributed by atoms with Crippen LogP contribution in [-0.2, 0) is 0 Å². The Bertz CT molecular complexity index is 204. The van der Waals surface area contributed by atoms with Crippen LogP contribution < -0.4 is 0 Å². The van der Waals surface area contributed by atoms with Gasteiger partial charge < -0.3 is 0 Å². The van der Waals surface area contributed by atoms with Gasteiger partial charge in [0.2, 0.25) is 0 Å². The topological polar surface area (TPSA) is 31.2 Å². The monoisotopic (exact) mass is 180 g/mol. The van der Waals surface area contributed by atoms with Crippen LogP contribution in [0.25, 0.3) is 0 Å². The van der Waals surface area contributed by atoms with E-state index >= 15 is 0 Å². The lowest BCUT2D eigenvalue weighted by molar-refractivity contribution is 0.0561. The number of hydrogen-bond donors (Lipinski definition) is 0. The van der Waals surface area contributed by atoms with E-state index in [2.05, 4.69) is 20.0 Å². The average Bonchev–Trinajstić information content (AvgIpc) is 2.47. The third-order valence-corrected chi connectivity index (χ3v) is 2.52. The Balaban J connectivity index is 1.90. The summed E-state index contributed by atoms with van der Waals surface area (Å²) in [5.41, 5.74) is 0. The quantitative estimate of drug-likeness (QED) is 0.605. The number of rotatable bonds is 1. The smallest absolute Gasteiger partial charge is 0.127 e. The zero-order valence-corrected chi connectivity index (χ0v) is 7.89. The summed E-state index contributed by atoms with van der Waals surface area (Å²) >= 11 is 0. The maximum Gasteiger partial charge on any atom is 0.127 e. The molecule has 2 rings (SSSR count). The first-order valence-electron chi connectivity index (χ1n) is 5.00. The molecule has 0 unspecified atom stereocenters. The third kappa shape index (κ3) is 2.28. The van der Waals surface area contributed by atoms with Gasteiger partial charge in [-0.1, -0.05) is 12.8 Å². The largest absolute Gasteiger partial charge is 0.274 e. The molecule has 0 bridgehead atoms. The predicted molar refractivity (Wildman–Crippen MR) is 53.7 cm³/mol. The summed E-state index contributed by atoms with van der Waals surface area (Å²) in [5.74, 6) is 0. The molecule has 72 valence electrons. The summed E-state index contributed by atoms with van der Waals surface area (Å²) in [6.45, 7) is 3.05. The van der Waals surface area contributed by atoms with Gasteiger partial charge in [0.25, 0.3) is 0 Å². The number of nitrogens with zero attached hydrogens (tertiary/aromatic N) is 4. The van der Waals surface area contributed by atoms with Crippen LogP contribution in [0.4, 0.5) is 0 Å². The van der Waals surface area contributed by atoms with Gasteiger partial charge in [-0.2, -0.15) is 0 Å². The first kappa shape index (κ1) is 8.69. The van der Waals surface area contributed by atoms with E-state index in [0.29, 0.717) is 0 Å². The minimum atomic E-state index is 0.740. The number of aliphatic imine (C=N–C) groups is 2. The Morgan fingerprint density at radius 1 is 1.00 bits per heavy atom. The van der Waals surface area contributed by atoms with Crippen LogP contribution in [0.15, 0.2) is 9.98 Å². The molecule has 2 heterocycles. The van der Waals surface area contributed by atoms with Gasteiger partial charge in [0.15, 0.2) is 0 Å². The molecule has 0 radical (unpaired) electrons. The van der Waals surface area contributed by atoms with E-state index in [0.717, 1.165) is 19.8 Å². The first-order valence-corrected chi connectivity index (χ1v) is 5.00. The van der Waals surface area contributed by atoms with Crippen molar-refractivity contribution in [3.05, 3.63) is 0 Å². The Labute approximate surface area is 78.9 Å². The van der Waals surface area contributed by atoms with Crippen LogP contribution in [0.5, 0.6) is 0 Å². The normalized spacial score (nSPS) is 24.8. The molecule has 13 heavy (non-hydrogen) atoms. The SMILES string of the molecule is C1=NC=NCN1N1CCCCCC1. The van der Waals surface area contributed by atoms with Crippen molar-refractivity contribution in [3.8, 4) is 0 Å². The molecule has 0 atom stereocenters. The maximum atomic E-state index is 4.13. The minimum Gasteiger partial charge on any atom is -0.274 e. The molecule has 0 spiro atoms. The summed E-state index contributed by atoms with van der Waals surface area (Å²) in [6.07, 6.45) is 8.82. The van der Waals surface area contributed by atoms with E-state index in [1.54, 1.807) is 6.34 Å². The van der Waals surface area contributed by atoms with Crippen LogP contribution >= 0.6 is 0 Å². The predicted octanol–water partition coefficient (Wildman–Crippen LogP) is 1.11. The highest BCUT2D eigenvalue weighted by molar-refractivity contribution is 5.72. The molecule has 1 saturated heterocycles. The van der Waals surface area contributed by atoms with Crippen molar-refractivity contribution >= 4 is 12.7 Å². The summed E-state index contributed by atoms with van der Waals surface area (Å²) in [4.78, 5) is 8.16. The van der Waals surface area contributed by atoms with Crippen molar-refractivity contribution < 1.29 is 0 Å². The van der Waals surface area contributed by atoms with Gasteiger partial charge in [-0.15, -0.1) is 0 Å². The van der Waals surface area contributed by atoms with E-state index < -0.39 is 0 Å². The summed E-state index contributed by atoms with van der Waals surface area (Å²) in [5, 5.41) is 4.47. The van der Waals surface area contributed by atoms with Gasteiger partial charge >= 0.3 is 0 Å². The molecule has 1 fully saturated rings. The Kier molecular flexibility index (Phi) is 2.92. The van der Waals surface area contributed by atoms with Crippen LogP contribution in [0, 0.1) is 0 Å². The molecule has 0 amide bonds. The molecule has 4 heteroatoms. The Hall–Kier alpha value is -0.900. The van der Waals surface area contributed by atoms with Gasteiger partial charge in [0, 0.05) is 13.1 Å². The molecular formula is C9H16N4. The van der Waals surface area contributed by atoms with Gasteiger partial charge in [-0.05, 0) is 12.8 Å². The van der Waals surface area contributed by atoms with Gasteiger partial charge in [-0.3, -0.25) is 10.0 Å². The lowest BCUT2D eigenvalue weighted by Crippen LogP contribution is -2.43. The van der Waals surface area contributed by atoms with Crippen LogP contribution in [0.2, 0.25) is 0 Å². The van der Waals surface area contributed by atoms with E-state index in [4.69, 9.17) is 0 Å². The maximum absolute atomic E-state index is 4.13. The second-order valence-electron chi connectivity index (χ2n) is 3.51. The number of hydrogen-bond acceptors (Lipinski definition) is 4. The molecule has 0 N–H and O–H groups in total. The Morgan fingerprint density at radius 2 is 1.77 bits per heavy atom. The summed E-state index contributed by atoms with van der Waals surface area (Å²) in [7, 11) is 0. The van der Waals surface area contributed by atoms with Crippen molar-refractivity contribution in [2.24, 2.45) is 9.98 Å². The fraction of sp³-hybridized carbons (Fsp3) is 0.778. The van der Waals surface area contributed by atoms with Crippen molar-refractivity contribution in [2.45, 2.75) is 25.7 Å². The molecule has 2 aliphatic heterocycles. The molecular weight excluding hydrogens is 164 g/mol. The van der Waals surface area contributed by atoms with E-state index in [9.17, 15) is 0 Å². The molecule has 0 aromatic heterocycles. The molecule has 0 saturated carbocycles. The zero-order chi connectivity index (χ0) is 8.93. The van der Waals surface area contributed by atoms with Crippen molar-refractivity contribution in [1.82, 2.24) is 10.0 Å². The van der Waals surface area contributed by atoms with Gasteiger partial charge in [0.1, 0.15) is 19.3 Å². The van der Waals surface area contributed by atoms with Crippen molar-refractivity contribution in [3.63, 3.8) is 0 Å². The third-order valence-electron chi connectivity index (χ3n) is 2.52. The fourth-order valence-corrected chi connectivity index (χ4v) is 1.78. The Morgan fingerprint density at radius 3 is 2.38 bits per heavy atom. The van der Waals surface area contributed by atoms with E-state index in [-0.39, 0.29) is 0 Å². The van der Waals surface area contributed by atoms with Crippen LogP contribution in [-0.4, -0.2) is 42.5 Å². The fourth-order valence-electron chi connectivity index (χ4n) is 1.78. The lowest BCUT2D eigenvalue weighted by Gasteiger charge is -2.31. The van der Waals surface area contributed by atoms with E-state index in [1.165, 1.54) is 25.7 Å². The minimum absolute atomic E-state index is 0.740. The first-order chi connectivity index (χ1) is 6.47. The van der Waals surface area contributed by atoms with Gasteiger partial charge in [-0.25, -0.2) is 10.0 Å². The van der Waals surface area contributed by atoms with Crippen LogP contribution in [0.3, 0.4) is 0 Å². The highest BCUT2D eigenvalue weighted by Crippen LogP contribution is 2.11. The van der Waals surface area contributed by atoms with Crippen LogP contribution in [0.1, 0.15) is 25.7 Å². The highest BCUT2D eigenvalue weighted by atomic mass is 15.6. The number of hydrazine groups is 1. The summed E-state index contributed by atoms with van der Waals surface area (Å²) in [6, 6.07) is 0.